The van der Waals surface area contributed by atoms with E-state index in [0.29, 0.717) is 50.3 Å². The zero-order chi connectivity index (χ0) is 29.2. The van der Waals surface area contributed by atoms with E-state index in [9.17, 15) is 9.18 Å². The molecule has 42 heavy (non-hydrogen) atoms. The van der Waals surface area contributed by atoms with E-state index < -0.39 is 29.9 Å². The van der Waals surface area contributed by atoms with Gasteiger partial charge in [-0.1, -0.05) is 0 Å². The van der Waals surface area contributed by atoms with Gasteiger partial charge in [0.1, 0.15) is 35.4 Å². The number of thiazole rings is 1. The summed E-state index contributed by atoms with van der Waals surface area (Å²) in [6, 6.07) is 7.26. The smallest absolute Gasteiger partial charge is 0.412 e. The van der Waals surface area contributed by atoms with E-state index >= 15 is 4.39 Å². The molecule has 0 spiro atoms. The SMILES string of the molecule is COc1cnc2c(-c3nc4cc(F)c(O[C@@H]5CC[C@@H]5OC(=O)Nc5cnc(OCCO)nc5)cc4s3)cc(F)cc2c1. The van der Waals surface area contributed by atoms with Crippen molar-refractivity contribution in [1.29, 1.82) is 0 Å². The number of hydrogen-bond donors (Lipinski definition) is 2. The Kier molecular flexibility index (Phi) is 7.63. The highest BCUT2D eigenvalue weighted by atomic mass is 32.1. The molecule has 14 heteroatoms. The van der Waals surface area contributed by atoms with Crippen molar-refractivity contribution < 1.29 is 37.6 Å². The number of pyridine rings is 1. The van der Waals surface area contributed by atoms with Crippen molar-refractivity contribution in [1.82, 2.24) is 19.9 Å². The molecule has 216 valence electrons. The second kappa shape index (κ2) is 11.7. The van der Waals surface area contributed by atoms with Crippen molar-refractivity contribution in [2.24, 2.45) is 0 Å². The lowest BCUT2D eigenvalue weighted by atomic mass is 9.92. The number of hydrogen-bond acceptors (Lipinski definition) is 11. The van der Waals surface area contributed by atoms with E-state index in [1.165, 1.54) is 55.1 Å². The first-order valence-electron chi connectivity index (χ1n) is 12.8. The Morgan fingerprint density at radius 2 is 1.88 bits per heavy atom. The monoisotopic (exact) mass is 595 g/mol. The van der Waals surface area contributed by atoms with Gasteiger partial charge in [-0.2, -0.15) is 0 Å². The summed E-state index contributed by atoms with van der Waals surface area (Å²) in [5.74, 6) is -0.591. The number of carbonyl (C=O) groups is 1. The highest BCUT2D eigenvalue weighted by Crippen LogP contribution is 2.38. The van der Waals surface area contributed by atoms with Crippen LogP contribution in [0.4, 0.5) is 19.3 Å². The summed E-state index contributed by atoms with van der Waals surface area (Å²) in [7, 11) is 1.51. The minimum absolute atomic E-state index is 0.00441. The van der Waals surface area contributed by atoms with E-state index in [1.807, 2.05) is 0 Å². The van der Waals surface area contributed by atoms with Gasteiger partial charge in [0, 0.05) is 23.1 Å². The van der Waals surface area contributed by atoms with Gasteiger partial charge in [-0.15, -0.1) is 11.3 Å². The molecule has 2 N–H and O–H groups in total. The fourth-order valence-corrected chi connectivity index (χ4v) is 5.34. The fourth-order valence-electron chi connectivity index (χ4n) is 4.35. The number of methoxy groups -OCH3 is 1. The number of anilines is 1. The van der Waals surface area contributed by atoms with Crippen molar-refractivity contribution in [3.8, 4) is 28.1 Å². The molecule has 1 amide bonds. The van der Waals surface area contributed by atoms with Crippen LogP contribution in [-0.4, -0.2) is 63.7 Å². The number of aromatic nitrogens is 4. The van der Waals surface area contributed by atoms with Crippen LogP contribution in [-0.2, 0) is 4.74 Å². The highest BCUT2D eigenvalue weighted by molar-refractivity contribution is 7.21. The zero-order valence-corrected chi connectivity index (χ0v) is 22.9. The van der Waals surface area contributed by atoms with Crippen molar-refractivity contribution in [2.75, 3.05) is 25.6 Å². The highest BCUT2D eigenvalue weighted by Gasteiger charge is 2.37. The zero-order valence-electron chi connectivity index (χ0n) is 22.0. The average Bonchev–Trinajstić information content (AvgIpc) is 3.39. The minimum Gasteiger partial charge on any atom is -0.495 e. The van der Waals surface area contributed by atoms with E-state index in [0.717, 1.165) is 0 Å². The van der Waals surface area contributed by atoms with Gasteiger partial charge in [0.25, 0.3) is 0 Å². The van der Waals surface area contributed by atoms with Crippen LogP contribution in [0.5, 0.6) is 17.5 Å². The van der Waals surface area contributed by atoms with Gasteiger partial charge < -0.3 is 24.1 Å². The van der Waals surface area contributed by atoms with Crippen LogP contribution in [0.1, 0.15) is 12.8 Å². The van der Waals surface area contributed by atoms with Crippen molar-refractivity contribution in [2.45, 2.75) is 25.0 Å². The number of carbonyl (C=O) groups excluding carboxylic acids is 1. The molecule has 1 saturated carbocycles. The van der Waals surface area contributed by atoms with Crippen molar-refractivity contribution in [3.63, 3.8) is 0 Å². The van der Waals surface area contributed by atoms with Crippen LogP contribution in [0.2, 0.25) is 0 Å². The number of halogens is 2. The van der Waals surface area contributed by atoms with Gasteiger partial charge in [0.05, 0.1) is 53.7 Å². The molecule has 5 aromatic rings. The van der Waals surface area contributed by atoms with Crippen LogP contribution >= 0.6 is 11.3 Å². The standard InChI is InChI=1S/C28H23F2N5O6S/c1-38-17-7-14-6-15(29)8-18(25(14)31-13-17)26-35-20-9-19(30)23(10-24(20)42-26)40-21-2-3-22(21)41-28(37)34-16-11-32-27(33-12-16)39-5-4-36/h6-13,21-22,36H,2-5H2,1H3,(H,34,37)/t21-,22+/m1/s1. The molecule has 2 atom stereocenters. The first-order chi connectivity index (χ1) is 20.4. The quantitative estimate of drug-likeness (QED) is 0.236. The lowest BCUT2D eigenvalue weighted by Gasteiger charge is -2.35. The predicted molar refractivity (Wildman–Crippen MR) is 149 cm³/mol. The van der Waals surface area contributed by atoms with Crippen LogP contribution in [0, 0.1) is 11.6 Å². The van der Waals surface area contributed by atoms with E-state index in [4.69, 9.17) is 24.1 Å². The third-order valence-corrected chi connectivity index (χ3v) is 7.57. The third-order valence-electron chi connectivity index (χ3n) is 6.52. The molecule has 3 aromatic heterocycles. The summed E-state index contributed by atoms with van der Waals surface area (Å²) < 4.78 is 51.7. The summed E-state index contributed by atoms with van der Waals surface area (Å²) in [4.78, 5) is 29.2. The Morgan fingerprint density at radius 3 is 2.62 bits per heavy atom. The van der Waals surface area contributed by atoms with E-state index in [1.54, 1.807) is 12.3 Å². The molecular formula is C28H23F2N5O6S. The molecule has 2 aromatic carbocycles. The molecule has 0 saturated heterocycles. The Balaban J connectivity index is 1.15. The number of benzene rings is 2. The number of amides is 1. The maximum atomic E-state index is 15.0. The summed E-state index contributed by atoms with van der Waals surface area (Å²) in [6.07, 6.45) is 3.44. The van der Waals surface area contributed by atoms with Crippen molar-refractivity contribution in [3.05, 3.63) is 60.6 Å². The largest absolute Gasteiger partial charge is 0.495 e. The maximum absolute atomic E-state index is 15.0. The third kappa shape index (κ3) is 5.71. The van der Waals surface area contributed by atoms with Crippen LogP contribution in [0.15, 0.2) is 48.9 Å². The number of aliphatic hydroxyl groups excluding tert-OH is 1. The van der Waals surface area contributed by atoms with Gasteiger partial charge in [0.2, 0.25) is 0 Å². The second-order valence-electron chi connectivity index (χ2n) is 9.30. The Hall–Kier alpha value is -4.69. The van der Waals surface area contributed by atoms with Crippen molar-refractivity contribution >= 4 is 44.2 Å². The Bertz CT molecular complexity index is 1770. The van der Waals surface area contributed by atoms with Crippen LogP contribution in [0.3, 0.4) is 0 Å². The van der Waals surface area contributed by atoms with Crippen LogP contribution < -0.4 is 19.5 Å². The topological polar surface area (TPSA) is 138 Å². The molecule has 1 aliphatic carbocycles. The fraction of sp³-hybridized carbons (Fsp3) is 0.250. The van der Waals surface area contributed by atoms with Gasteiger partial charge in [-0.05, 0) is 31.0 Å². The lowest BCUT2D eigenvalue weighted by molar-refractivity contribution is -0.0431. The molecule has 11 nitrogen and oxygen atoms in total. The van der Waals surface area contributed by atoms with E-state index in [-0.39, 0.29) is 30.7 Å². The van der Waals surface area contributed by atoms with E-state index in [2.05, 4.69) is 25.3 Å². The number of aliphatic hydroxyl groups is 1. The number of fused-ring (bicyclic) bond motifs is 2. The minimum atomic E-state index is -0.738. The first-order valence-corrected chi connectivity index (χ1v) is 13.7. The van der Waals surface area contributed by atoms with Gasteiger partial charge in [-0.25, -0.2) is 28.5 Å². The Labute approximate surface area is 241 Å². The molecular weight excluding hydrogens is 572 g/mol. The first kappa shape index (κ1) is 27.5. The van der Waals surface area contributed by atoms with Gasteiger partial charge in [0.15, 0.2) is 11.6 Å². The molecule has 1 fully saturated rings. The van der Waals surface area contributed by atoms with Gasteiger partial charge >= 0.3 is 12.1 Å². The average molecular weight is 596 g/mol. The molecule has 0 unspecified atom stereocenters. The molecule has 0 radical (unpaired) electrons. The summed E-state index contributed by atoms with van der Waals surface area (Å²) in [5, 5.41) is 12.3. The number of nitrogens with one attached hydrogen (secondary N) is 1. The normalized spacial score (nSPS) is 16.2. The maximum Gasteiger partial charge on any atom is 0.412 e. The molecule has 0 bridgehead atoms. The summed E-state index contributed by atoms with van der Waals surface area (Å²) in [6.45, 7) is -0.128. The van der Waals surface area contributed by atoms with Crippen LogP contribution in [0.25, 0.3) is 31.7 Å². The van der Waals surface area contributed by atoms with Gasteiger partial charge in [-0.3, -0.25) is 10.3 Å². The number of ether oxygens (including phenoxy) is 4. The summed E-state index contributed by atoms with van der Waals surface area (Å²) >= 11 is 1.25. The number of rotatable bonds is 9. The molecule has 1 aliphatic rings. The molecule has 3 heterocycles. The predicted octanol–water partition coefficient (Wildman–Crippen LogP) is 5.12. The second-order valence-corrected chi connectivity index (χ2v) is 10.3. The molecule has 6 rings (SSSR count). The molecule has 0 aliphatic heterocycles. The lowest BCUT2D eigenvalue weighted by Crippen LogP contribution is -2.45. The summed E-state index contributed by atoms with van der Waals surface area (Å²) in [5.41, 5.74) is 1.69. The Morgan fingerprint density at radius 1 is 1.07 bits per heavy atom. The number of nitrogens with zero attached hydrogens (tertiary/aromatic N) is 4.